The summed E-state index contributed by atoms with van der Waals surface area (Å²) in [5.74, 6) is 0.210. The van der Waals surface area contributed by atoms with Gasteiger partial charge in [-0.15, -0.1) is 0 Å². The quantitative estimate of drug-likeness (QED) is 0.537. The molecule has 0 saturated carbocycles. The summed E-state index contributed by atoms with van der Waals surface area (Å²) in [6.45, 7) is 6.01. The smallest absolute Gasteiger partial charge is 0.243 e. The number of amides is 1. The van der Waals surface area contributed by atoms with E-state index in [9.17, 15) is 4.79 Å². The van der Waals surface area contributed by atoms with Crippen LogP contribution in [0, 0.1) is 0 Å². The first kappa shape index (κ1) is 21.5. The topological polar surface area (TPSA) is 30.0 Å². The van der Waals surface area contributed by atoms with Crippen molar-refractivity contribution in [2.45, 2.75) is 18.9 Å². The van der Waals surface area contributed by atoms with Crippen LogP contribution >= 0.6 is 0 Å². The first-order chi connectivity index (χ1) is 16.3. The molecule has 2 fully saturated rings. The summed E-state index contributed by atoms with van der Waals surface area (Å²) in [5, 5.41) is 4.19. The third kappa shape index (κ3) is 4.88. The summed E-state index contributed by atoms with van der Waals surface area (Å²) < 4.78 is 0. The number of hydrogen-bond donors (Lipinski definition) is 0. The molecule has 170 valence electrons. The van der Waals surface area contributed by atoms with E-state index >= 15 is 0 Å². The van der Waals surface area contributed by atoms with Crippen LogP contribution < -0.4 is 9.91 Å². The van der Waals surface area contributed by atoms with Crippen molar-refractivity contribution in [3.05, 3.63) is 96.6 Å². The number of para-hydroxylation sites is 2. The van der Waals surface area contributed by atoms with Crippen LogP contribution in [0.5, 0.6) is 0 Å². The van der Waals surface area contributed by atoms with E-state index in [2.05, 4.69) is 81.5 Å². The summed E-state index contributed by atoms with van der Waals surface area (Å²) in [6.07, 6.45) is 1.50. The summed E-state index contributed by atoms with van der Waals surface area (Å²) >= 11 is 0. The fourth-order valence-electron chi connectivity index (χ4n) is 5.02. The first-order valence-corrected chi connectivity index (χ1v) is 12.0. The maximum Gasteiger partial charge on any atom is 0.243 e. The molecule has 1 atom stereocenters. The highest BCUT2D eigenvalue weighted by Gasteiger charge is 2.38. The van der Waals surface area contributed by atoms with Gasteiger partial charge in [0.25, 0.3) is 0 Å². The molecule has 33 heavy (non-hydrogen) atoms. The normalized spacial score (nSPS) is 19.3. The number of carbonyl (C=O) groups excluding carboxylic acids is 1. The first-order valence-electron chi connectivity index (χ1n) is 12.0. The summed E-state index contributed by atoms with van der Waals surface area (Å²) in [5.41, 5.74) is 3.58. The van der Waals surface area contributed by atoms with Gasteiger partial charge in [-0.1, -0.05) is 66.7 Å². The van der Waals surface area contributed by atoms with Crippen LogP contribution in [-0.4, -0.2) is 55.1 Å². The highest BCUT2D eigenvalue weighted by Crippen LogP contribution is 2.37. The maximum atomic E-state index is 13.1. The second-order valence-electron chi connectivity index (χ2n) is 8.85. The van der Waals surface area contributed by atoms with Gasteiger partial charge in [-0.2, -0.15) is 0 Å². The number of anilines is 2. The van der Waals surface area contributed by atoms with E-state index in [1.807, 2.05) is 29.3 Å². The van der Waals surface area contributed by atoms with E-state index in [0.717, 1.165) is 51.4 Å². The number of piperazine rings is 1. The Morgan fingerprint density at radius 2 is 1.24 bits per heavy atom. The summed E-state index contributed by atoms with van der Waals surface area (Å²) in [6, 6.07) is 31.4. The molecule has 0 aliphatic carbocycles. The number of nitrogens with zero attached hydrogens (tertiary/aromatic N) is 4. The predicted octanol–water partition coefficient (Wildman–Crippen LogP) is 4.59. The number of benzene rings is 3. The molecule has 3 aromatic carbocycles. The molecule has 3 aromatic rings. The van der Waals surface area contributed by atoms with Crippen molar-refractivity contribution < 1.29 is 4.79 Å². The summed E-state index contributed by atoms with van der Waals surface area (Å²) in [4.78, 5) is 18.1. The molecule has 2 aliphatic heterocycles. The van der Waals surface area contributed by atoms with Crippen molar-refractivity contribution in [3.8, 4) is 0 Å². The monoisotopic (exact) mass is 440 g/mol. The minimum Gasteiger partial charge on any atom is -0.369 e. The zero-order chi connectivity index (χ0) is 22.5. The third-order valence-electron chi connectivity index (χ3n) is 6.75. The van der Waals surface area contributed by atoms with Gasteiger partial charge in [-0.25, -0.2) is 0 Å². The number of carbonyl (C=O) groups is 1. The molecular formula is C28H32N4O. The SMILES string of the molecule is O=C1CC(c2ccccc2)N(c2ccccc2)N1CCCN1CCN(c2ccccc2)CC1. The number of rotatable bonds is 7. The fraction of sp³-hybridized carbons (Fsp3) is 0.321. The highest BCUT2D eigenvalue weighted by molar-refractivity contribution is 5.83. The molecule has 0 bridgehead atoms. The third-order valence-corrected chi connectivity index (χ3v) is 6.75. The molecule has 0 N–H and O–H groups in total. The molecule has 1 unspecified atom stereocenters. The Balaban J connectivity index is 1.21. The van der Waals surface area contributed by atoms with Crippen LogP contribution in [0.2, 0.25) is 0 Å². The molecule has 2 saturated heterocycles. The molecule has 5 heteroatoms. The van der Waals surface area contributed by atoms with Crippen molar-refractivity contribution in [2.75, 3.05) is 49.2 Å². The maximum absolute atomic E-state index is 13.1. The Kier molecular flexibility index (Phi) is 6.58. The molecule has 5 rings (SSSR count). The van der Waals surface area contributed by atoms with Crippen molar-refractivity contribution in [2.24, 2.45) is 0 Å². The van der Waals surface area contributed by atoms with E-state index in [-0.39, 0.29) is 11.9 Å². The molecule has 1 amide bonds. The summed E-state index contributed by atoms with van der Waals surface area (Å²) in [7, 11) is 0. The largest absolute Gasteiger partial charge is 0.369 e. The lowest BCUT2D eigenvalue weighted by Gasteiger charge is -2.37. The highest BCUT2D eigenvalue weighted by atomic mass is 16.2. The van der Waals surface area contributed by atoms with Gasteiger partial charge in [0.1, 0.15) is 0 Å². The molecule has 2 heterocycles. The van der Waals surface area contributed by atoms with Gasteiger partial charge in [0, 0.05) is 45.0 Å². The van der Waals surface area contributed by atoms with Gasteiger partial charge in [-0.05, 0) is 36.2 Å². The second kappa shape index (κ2) is 10.1. The van der Waals surface area contributed by atoms with Gasteiger partial charge in [0.15, 0.2) is 0 Å². The Morgan fingerprint density at radius 1 is 0.667 bits per heavy atom. The predicted molar refractivity (Wildman–Crippen MR) is 134 cm³/mol. The Bertz CT molecular complexity index is 1020. The molecular weight excluding hydrogens is 408 g/mol. The van der Waals surface area contributed by atoms with Crippen molar-refractivity contribution in [3.63, 3.8) is 0 Å². The van der Waals surface area contributed by atoms with Crippen molar-refractivity contribution in [1.29, 1.82) is 0 Å². The van der Waals surface area contributed by atoms with Gasteiger partial charge in [0.05, 0.1) is 18.2 Å². The molecule has 0 radical (unpaired) electrons. The van der Waals surface area contributed by atoms with E-state index in [1.54, 1.807) is 0 Å². The minimum absolute atomic E-state index is 0.0514. The van der Waals surface area contributed by atoms with Crippen molar-refractivity contribution >= 4 is 17.3 Å². The van der Waals surface area contributed by atoms with Crippen LogP contribution in [0.25, 0.3) is 0 Å². The van der Waals surface area contributed by atoms with E-state index in [0.29, 0.717) is 6.42 Å². The van der Waals surface area contributed by atoms with E-state index in [1.165, 1.54) is 11.3 Å². The van der Waals surface area contributed by atoms with Crippen molar-refractivity contribution in [1.82, 2.24) is 9.91 Å². The van der Waals surface area contributed by atoms with Gasteiger partial charge in [-0.3, -0.25) is 19.7 Å². The molecule has 2 aliphatic rings. The lowest BCUT2D eigenvalue weighted by atomic mass is 10.0. The lowest BCUT2D eigenvalue weighted by Crippen LogP contribution is -2.47. The molecule has 0 aromatic heterocycles. The minimum atomic E-state index is 0.0514. The van der Waals surface area contributed by atoms with E-state index < -0.39 is 0 Å². The van der Waals surface area contributed by atoms with Crippen LogP contribution in [-0.2, 0) is 4.79 Å². The van der Waals surface area contributed by atoms with Crippen LogP contribution in [0.1, 0.15) is 24.4 Å². The number of hydrazine groups is 1. The average molecular weight is 441 g/mol. The van der Waals surface area contributed by atoms with Crippen LogP contribution in [0.15, 0.2) is 91.0 Å². The Labute approximate surface area is 196 Å². The Morgan fingerprint density at radius 3 is 1.88 bits per heavy atom. The standard InChI is InChI=1S/C28H32N4O/c33-28-23-27(24-11-4-1-5-12-24)32(26-15-8-3-9-16-26)31(28)18-10-17-29-19-21-30(22-20-29)25-13-6-2-7-14-25/h1-9,11-16,27H,10,17-23H2. The van der Waals surface area contributed by atoms with E-state index in [4.69, 9.17) is 0 Å². The van der Waals surface area contributed by atoms with Gasteiger partial charge >= 0.3 is 0 Å². The molecule has 5 nitrogen and oxygen atoms in total. The zero-order valence-corrected chi connectivity index (χ0v) is 19.1. The van der Waals surface area contributed by atoms with Crippen LogP contribution in [0.3, 0.4) is 0 Å². The zero-order valence-electron chi connectivity index (χ0n) is 19.1. The molecule has 0 spiro atoms. The van der Waals surface area contributed by atoms with Gasteiger partial charge < -0.3 is 4.90 Å². The fourth-order valence-corrected chi connectivity index (χ4v) is 5.02. The number of hydrogen-bond acceptors (Lipinski definition) is 4. The second-order valence-corrected chi connectivity index (χ2v) is 8.85. The lowest BCUT2D eigenvalue weighted by molar-refractivity contribution is -0.128. The van der Waals surface area contributed by atoms with Gasteiger partial charge in [0.2, 0.25) is 5.91 Å². The Hall–Kier alpha value is -3.31. The van der Waals surface area contributed by atoms with Crippen LogP contribution in [0.4, 0.5) is 11.4 Å². The average Bonchev–Trinajstić information content (AvgIpc) is 3.22.